The van der Waals surface area contributed by atoms with Crippen LogP contribution in [0.15, 0.2) is 54.6 Å². The summed E-state index contributed by atoms with van der Waals surface area (Å²) in [5.41, 5.74) is 1.37. The molecule has 1 aliphatic rings. The Bertz CT molecular complexity index is 1110. The van der Waals surface area contributed by atoms with Gasteiger partial charge in [0.2, 0.25) is 0 Å². The Morgan fingerprint density at radius 1 is 0.935 bits per heavy atom. The molecule has 7 heteroatoms. The Balaban J connectivity index is 1.84. The summed E-state index contributed by atoms with van der Waals surface area (Å²) in [6, 6.07) is 16.0. The quantitative estimate of drug-likeness (QED) is 0.419. The average Bonchev–Trinajstić information content (AvgIpc) is 3.20. The van der Waals surface area contributed by atoms with Gasteiger partial charge in [0, 0.05) is 15.9 Å². The van der Waals surface area contributed by atoms with E-state index in [0.29, 0.717) is 15.6 Å². The highest BCUT2D eigenvalue weighted by Crippen LogP contribution is 2.41. The minimum atomic E-state index is -1.05. The van der Waals surface area contributed by atoms with Crippen LogP contribution in [0.5, 0.6) is 0 Å². The highest BCUT2D eigenvalue weighted by atomic mass is 35.5. The standard InChI is InChI=1S/C24H21Cl2NO3S/c25-16-11-12-18(20(26)13-16)22(28)27(17-9-5-2-6-10-17)23-19(24(29)30)14-21(31-23)15-7-3-1-4-8-15/h1,3-4,7-8,11-14,17H,2,5-6,9-10H2,(H,29,30). The highest BCUT2D eigenvalue weighted by Gasteiger charge is 2.33. The number of carbonyl (C=O) groups excluding carboxylic acids is 1. The second kappa shape index (κ2) is 9.43. The molecule has 1 saturated carbocycles. The lowest BCUT2D eigenvalue weighted by Crippen LogP contribution is -2.42. The molecule has 0 bridgehead atoms. The van der Waals surface area contributed by atoms with Crippen molar-refractivity contribution < 1.29 is 14.7 Å². The van der Waals surface area contributed by atoms with Gasteiger partial charge in [-0.05, 0) is 42.7 Å². The van der Waals surface area contributed by atoms with Crippen LogP contribution in [0.25, 0.3) is 10.4 Å². The van der Waals surface area contributed by atoms with Crippen molar-refractivity contribution in [3.05, 3.63) is 75.8 Å². The van der Waals surface area contributed by atoms with E-state index in [4.69, 9.17) is 23.2 Å². The maximum absolute atomic E-state index is 13.7. The predicted molar refractivity (Wildman–Crippen MR) is 127 cm³/mol. The number of aromatic carboxylic acids is 1. The summed E-state index contributed by atoms with van der Waals surface area (Å²) in [5.74, 6) is -1.35. The number of rotatable bonds is 5. The zero-order chi connectivity index (χ0) is 22.0. The number of thiophene rings is 1. The lowest BCUT2D eigenvalue weighted by Gasteiger charge is -2.34. The number of anilines is 1. The molecule has 4 nitrogen and oxygen atoms in total. The van der Waals surface area contributed by atoms with Crippen molar-refractivity contribution in [2.24, 2.45) is 0 Å². The number of carboxylic acid groups (broad SMARTS) is 1. The molecule has 1 N–H and O–H groups in total. The molecular formula is C24H21Cl2NO3S. The Labute approximate surface area is 195 Å². The normalized spacial score (nSPS) is 14.4. The van der Waals surface area contributed by atoms with Gasteiger partial charge in [0.05, 0.1) is 16.1 Å². The summed E-state index contributed by atoms with van der Waals surface area (Å²) in [4.78, 5) is 28.3. The molecule has 0 atom stereocenters. The summed E-state index contributed by atoms with van der Waals surface area (Å²) < 4.78 is 0. The van der Waals surface area contributed by atoms with E-state index < -0.39 is 5.97 Å². The zero-order valence-electron chi connectivity index (χ0n) is 16.7. The van der Waals surface area contributed by atoms with Crippen LogP contribution in [0.4, 0.5) is 5.00 Å². The van der Waals surface area contributed by atoms with E-state index in [0.717, 1.165) is 42.5 Å². The fourth-order valence-electron chi connectivity index (χ4n) is 4.01. The third-order valence-electron chi connectivity index (χ3n) is 5.54. The summed E-state index contributed by atoms with van der Waals surface area (Å²) in [6.07, 6.45) is 4.78. The monoisotopic (exact) mass is 473 g/mol. The lowest BCUT2D eigenvalue weighted by atomic mass is 9.93. The van der Waals surface area contributed by atoms with Gasteiger partial charge >= 0.3 is 5.97 Å². The van der Waals surface area contributed by atoms with Crippen molar-refractivity contribution >= 4 is 51.4 Å². The molecule has 4 rings (SSSR count). The Morgan fingerprint density at radius 3 is 2.29 bits per heavy atom. The fraction of sp³-hybridized carbons (Fsp3) is 0.250. The van der Waals surface area contributed by atoms with Crippen molar-refractivity contribution in [1.82, 2.24) is 0 Å². The number of benzene rings is 2. The SMILES string of the molecule is O=C(O)c1cc(-c2ccccc2)sc1N(C(=O)c1ccc(Cl)cc1Cl)C1CCCCC1. The molecular weight excluding hydrogens is 453 g/mol. The summed E-state index contributed by atoms with van der Waals surface area (Å²) in [5, 5.41) is 11.1. The molecule has 1 aromatic heterocycles. The van der Waals surface area contributed by atoms with Gasteiger partial charge in [-0.25, -0.2) is 4.79 Å². The molecule has 1 heterocycles. The van der Waals surface area contributed by atoms with Crippen molar-refractivity contribution in [1.29, 1.82) is 0 Å². The number of hydrogen-bond donors (Lipinski definition) is 1. The summed E-state index contributed by atoms with van der Waals surface area (Å²) in [7, 11) is 0. The molecule has 0 radical (unpaired) electrons. The molecule has 0 aliphatic heterocycles. The molecule has 3 aromatic rings. The van der Waals surface area contributed by atoms with Gasteiger partial charge in [-0.1, -0.05) is 72.8 Å². The third kappa shape index (κ3) is 4.64. The molecule has 160 valence electrons. The maximum atomic E-state index is 13.7. The molecule has 0 spiro atoms. The Kier molecular flexibility index (Phi) is 6.65. The first-order valence-electron chi connectivity index (χ1n) is 10.2. The van der Waals surface area contributed by atoms with Crippen molar-refractivity contribution in [2.75, 3.05) is 4.90 Å². The smallest absolute Gasteiger partial charge is 0.338 e. The first kappa shape index (κ1) is 21.9. The first-order chi connectivity index (χ1) is 15.0. The van der Waals surface area contributed by atoms with Crippen LogP contribution >= 0.6 is 34.5 Å². The van der Waals surface area contributed by atoms with Gasteiger partial charge in [0.25, 0.3) is 5.91 Å². The Morgan fingerprint density at radius 2 is 1.65 bits per heavy atom. The summed E-state index contributed by atoms with van der Waals surface area (Å²) in [6.45, 7) is 0. The maximum Gasteiger partial charge on any atom is 0.338 e. The molecule has 1 fully saturated rings. The van der Waals surface area contributed by atoms with Crippen LogP contribution in [0.3, 0.4) is 0 Å². The minimum absolute atomic E-state index is 0.0756. The fourth-order valence-corrected chi connectivity index (χ4v) is 5.73. The molecule has 0 unspecified atom stereocenters. The average molecular weight is 474 g/mol. The van der Waals surface area contributed by atoms with Crippen molar-refractivity contribution in [3.63, 3.8) is 0 Å². The van der Waals surface area contributed by atoms with E-state index >= 15 is 0 Å². The van der Waals surface area contributed by atoms with Crippen LogP contribution < -0.4 is 4.90 Å². The van der Waals surface area contributed by atoms with Crippen molar-refractivity contribution in [3.8, 4) is 10.4 Å². The number of carboxylic acids is 1. The topological polar surface area (TPSA) is 57.6 Å². The van der Waals surface area contributed by atoms with E-state index in [-0.39, 0.29) is 22.5 Å². The van der Waals surface area contributed by atoms with Crippen LogP contribution in [0, 0.1) is 0 Å². The van der Waals surface area contributed by atoms with Crippen LogP contribution in [-0.2, 0) is 0 Å². The second-order valence-corrected chi connectivity index (χ2v) is 9.47. The largest absolute Gasteiger partial charge is 0.478 e. The molecule has 0 saturated heterocycles. The van der Waals surface area contributed by atoms with Gasteiger partial charge in [0.15, 0.2) is 0 Å². The van der Waals surface area contributed by atoms with E-state index in [1.54, 1.807) is 23.1 Å². The molecule has 1 aliphatic carbocycles. The number of hydrogen-bond acceptors (Lipinski definition) is 3. The second-order valence-electron chi connectivity index (χ2n) is 7.59. The van der Waals surface area contributed by atoms with Gasteiger partial charge in [0.1, 0.15) is 5.00 Å². The molecule has 1 amide bonds. The van der Waals surface area contributed by atoms with E-state index in [1.807, 2.05) is 30.3 Å². The van der Waals surface area contributed by atoms with Crippen LogP contribution in [0.2, 0.25) is 10.0 Å². The van der Waals surface area contributed by atoms with Crippen LogP contribution in [0.1, 0.15) is 52.8 Å². The van der Waals surface area contributed by atoms with Gasteiger partial charge in [-0.2, -0.15) is 0 Å². The lowest BCUT2D eigenvalue weighted by molar-refractivity contribution is 0.0698. The minimum Gasteiger partial charge on any atom is -0.478 e. The number of carbonyl (C=O) groups is 2. The van der Waals surface area contributed by atoms with E-state index in [9.17, 15) is 14.7 Å². The number of amides is 1. The van der Waals surface area contributed by atoms with E-state index in [1.165, 1.54) is 17.4 Å². The zero-order valence-corrected chi connectivity index (χ0v) is 19.0. The molecule has 31 heavy (non-hydrogen) atoms. The van der Waals surface area contributed by atoms with Crippen molar-refractivity contribution in [2.45, 2.75) is 38.1 Å². The van der Waals surface area contributed by atoms with E-state index in [2.05, 4.69) is 0 Å². The third-order valence-corrected chi connectivity index (χ3v) is 7.27. The van der Waals surface area contributed by atoms with Crippen LogP contribution in [-0.4, -0.2) is 23.0 Å². The number of nitrogens with zero attached hydrogens (tertiary/aromatic N) is 1. The highest BCUT2D eigenvalue weighted by molar-refractivity contribution is 7.20. The summed E-state index contributed by atoms with van der Waals surface area (Å²) >= 11 is 13.7. The Hall–Kier alpha value is -2.34. The number of halogens is 2. The van der Waals surface area contributed by atoms with Gasteiger partial charge in [-0.3, -0.25) is 9.69 Å². The predicted octanol–water partition coefficient (Wildman–Crippen LogP) is 7.40. The first-order valence-corrected chi connectivity index (χ1v) is 11.7. The molecule has 2 aromatic carbocycles. The van der Waals surface area contributed by atoms with Gasteiger partial charge < -0.3 is 5.11 Å². The van der Waals surface area contributed by atoms with Gasteiger partial charge in [-0.15, -0.1) is 11.3 Å².